The van der Waals surface area contributed by atoms with Gasteiger partial charge in [-0.2, -0.15) is 5.26 Å². The van der Waals surface area contributed by atoms with Gasteiger partial charge in [-0.15, -0.1) is 0 Å². The molecule has 20 heavy (non-hydrogen) atoms. The molecule has 0 saturated carbocycles. The van der Waals surface area contributed by atoms with Crippen molar-refractivity contribution in [2.75, 3.05) is 6.54 Å². The van der Waals surface area contributed by atoms with Crippen molar-refractivity contribution in [3.05, 3.63) is 70.8 Å². The van der Waals surface area contributed by atoms with E-state index in [-0.39, 0.29) is 5.82 Å². The Morgan fingerprint density at radius 3 is 2.50 bits per heavy atom. The van der Waals surface area contributed by atoms with E-state index in [2.05, 4.69) is 5.32 Å². The molecule has 2 aromatic carbocycles. The molecule has 0 spiro atoms. The second kappa shape index (κ2) is 6.78. The Morgan fingerprint density at radius 2 is 1.80 bits per heavy atom. The standard InChI is InChI=1S/C16H14F2N2/c17-15-4-2-1-3-13(15)7-8-20-11-14-6-5-12(10-19)9-16(14)18/h1-6,9,20H,7-8,11H2. The van der Waals surface area contributed by atoms with E-state index in [9.17, 15) is 8.78 Å². The number of nitrogens with one attached hydrogen (secondary N) is 1. The van der Waals surface area contributed by atoms with E-state index < -0.39 is 5.82 Å². The highest BCUT2D eigenvalue weighted by Crippen LogP contribution is 2.10. The summed E-state index contributed by atoms with van der Waals surface area (Å²) in [4.78, 5) is 0. The van der Waals surface area contributed by atoms with Gasteiger partial charge in [0.2, 0.25) is 0 Å². The number of hydrogen-bond acceptors (Lipinski definition) is 2. The highest BCUT2D eigenvalue weighted by molar-refractivity contribution is 5.32. The van der Waals surface area contributed by atoms with Crippen LogP contribution >= 0.6 is 0 Å². The SMILES string of the molecule is N#Cc1ccc(CNCCc2ccccc2F)c(F)c1. The molecular weight excluding hydrogens is 258 g/mol. The number of nitrogens with zero attached hydrogens (tertiary/aromatic N) is 1. The molecule has 0 aliphatic heterocycles. The molecule has 2 aromatic rings. The molecule has 0 aliphatic rings. The van der Waals surface area contributed by atoms with Gasteiger partial charge in [0.05, 0.1) is 11.6 Å². The van der Waals surface area contributed by atoms with Crippen molar-refractivity contribution in [3.8, 4) is 6.07 Å². The summed E-state index contributed by atoms with van der Waals surface area (Å²) in [7, 11) is 0. The van der Waals surface area contributed by atoms with Gasteiger partial charge >= 0.3 is 0 Å². The maximum atomic E-state index is 13.6. The van der Waals surface area contributed by atoms with Crippen LogP contribution < -0.4 is 5.32 Å². The first-order valence-electron chi connectivity index (χ1n) is 6.33. The molecule has 2 nitrogen and oxygen atoms in total. The van der Waals surface area contributed by atoms with Crippen molar-refractivity contribution < 1.29 is 8.78 Å². The van der Waals surface area contributed by atoms with Crippen LogP contribution in [-0.2, 0) is 13.0 Å². The van der Waals surface area contributed by atoms with Crippen LogP contribution in [0.15, 0.2) is 42.5 Å². The first kappa shape index (κ1) is 14.2. The van der Waals surface area contributed by atoms with E-state index in [1.165, 1.54) is 12.1 Å². The van der Waals surface area contributed by atoms with E-state index in [1.54, 1.807) is 30.3 Å². The van der Waals surface area contributed by atoms with Gasteiger partial charge in [-0.05, 0) is 36.7 Å². The molecule has 102 valence electrons. The lowest BCUT2D eigenvalue weighted by molar-refractivity contribution is 0.578. The normalized spacial score (nSPS) is 10.2. The Bertz CT molecular complexity index is 633. The van der Waals surface area contributed by atoms with Crippen LogP contribution in [0.3, 0.4) is 0 Å². The van der Waals surface area contributed by atoms with Gasteiger partial charge in [-0.25, -0.2) is 8.78 Å². The maximum absolute atomic E-state index is 13.6. The van der Waals surface area contributed by atoms with Crippen molar-refractivity contribution in [2.45, 2.75) is 13.0 Å². The molecule has 4 heteroatoms. The van der Waals surface area contributed by atoms with E-state index >= 15 is 0 Å². The number of rotatable bonds is 5. The number of halogens is 2. The lowest BCUT2D eigenvalue weighted by Gasteiger charge is -2.07. The molecule has 0 aliphatic carbocycles. The minimum absolute atomic E-state index is 0.223. The third-order valence-corrected chi connectivity index (χ3v) is 3.03. The Labute approximate surface area is 116 Å². The molecule has 1 N–H and O–H groups in total. The molecule has 2 rings (SSSR count). The van der Waals surface area contributed by atoms with Crippen LogP contribution in [-0.4, -0.2) is 6.54 Å². The topological polar surface area (TPSA) is 35.8 Å². The first-order chi connectivity index (χ1) is 9.70. The monoisotopic (exact) mass is 272 g/mol. The largest absolute Gasteiger partial charge is 0.312 e. The van der Waals surface area contributed by atoms with Gasteiger partial charge in [-0.3, -0.25) is 0 Å². The van der Waals surface area contributed by atoms with Gasteiger partial charge in [0.15, 0.2) is 0 Å². The van der Waals surface area contributed by atoms with E-state index in [1.807, 2.05) is 6.07 Å². The van der Waals surface area contributed by atoms with Gasteiger partial charge in [-0.1, -0.05) is 24.3 Å². The van der Waals surface area contributed by atoms with Crippen molar-refractivity contribution in [1.29, 1.82) is 5.26 Å². The summed E-state index contributed by atoms with van der Waals surface area (Å²) < 4.78 is 27.0. The molecule has 0 atom stereocenters. The highest BCUT2D eigenvalue weighted by Gasteiger charge is 2.04. The van der Waals surface area contributed by atoms with Crippen molar-refractivity contribution >= 4 is 0 Å². The minimum Gasteiger partial charge on any atom is -0.312 e. The molecule has 0 unspecified atom stereocenters. The zero-order valence-electron chi connectivity index (χ0n) is 10.9. The molecular formula is C16H14F2N2. The van der Waals surface area contributed by atoms with Crippen LogP contribution in [0.4, 0.5) is 8.78 Å². The summed E-state index contributed by atoms with van der Waals surface area (Å²) in [5.41, 5.74) is 1.44. The Hall–Kier alpha value is -2.25. The quantitative estimate of drug-likeness (QED) is 0.849. The minimum atomic E-state index is -0.401. The molecule has 0 amide bonds. The van der Waals surface area contributed by atoms with Gasteiger partial charge in [0.25, 0.3) is 0 Å². The summed E-state index contributed by atoms with van der Waals surface area (Å²) in [5, 5.41) is 11.7. The molecule has 0 bridgehead atoms. The van der Waals surface area contributed by atoms with Crippen molar-refractivity contribution in [2.24, 2.45) is 0 Å². The highest BCUT2D eigenvalue weighted by atomic mass is 19.1. The van der Waals surface area contributed by atoms with Crippen LogP contribution in [0.1, 0.15) is 16.7 Å². The van der Waals surface area contributed by atoms with Gasteiger partial charge in [0, 0.05) is 12.1 Å². The predicted octanol–water partition coefficient (Wildman–Crippen LogP) is 3.17. The fourth-order valence-electron chi connectivity index (χ4n) is 1.91. The van der Waals surface area contributed by atoms with Crippen molar-refractivity contribution in [3.63, 3.8) is 0 Å². The second-order valence-electron chi connectivity index (χ2n) is 4.44. The number of hydrogen-bond donors (Lipinski definition) is 1. The Kier molecular flexibility index (Phi) is 4.80. The fourth-order valence-corrected chi connectivity index (χ4v) is 1.91. The molecule has 0 saturated heterocycles. The third kappa shape index (κ3) is 3.62. The Balaban J connectivity index is 1.85. The lowest BCUT2D eigenvalue weighted by atomic mass is 10.1. The van der Waals surface area contributed by atoms with E-state index in [4.69, 9.17) is 5.26 Å². The smallest absolute Gasteiger partial charge is 0.129 e. The summed E-state index contributed by atoms with van der Waals surface area (Å²) >= 11 is 0. The van der Waals surface area contributed by atoms with E-state index in [0.29, 0.717) is 36.2 Å². The predicted molar refractivity (Wildman–Crippen MR) is 72.9 cm³/mol. The van der Waals surface area contributed by atoms with Crippen molar-refractivity contribution in [1.82, 2.24) is 5.32 Å². The molecule has 0 aromatic heterocycles. The van der Waals surface area contributed by atoms with Crippen LogP contribution in [0.25, 0.3) is 0 Å². The van der Waals surface area contributed by atoms with Crippen LogP contribution in [0.2, 0.25) is 0 Å². The van der Waals surface area contributed by atoms with Crippen LogP contribution in [0.5, 0.6) is 0 Å². The molecule has 0 radical (unpaired) electrons. The zero-order valence-corrected chi connectivity index (χ0v) is 10.9. The van der Waals surface area contributed by atoms with Gasteiger partial charge < -0.3 is 5.32 Å². The second-order valence-corrected chi connectivity index (χ2v) is 4.44. The Morgan fingerprint density at radius 1 is 1.00 bits per heavy atom. The fraction of sp³-hybridized carbons (Fsp3) is 0.188. The average molecular weight is 272 g/mol. The molecule has 0 heterocycles. The zero-order chi connectivity index (χ0) is 14.4. The summed E-state index contributed by atoms with van der Waals surface area (Å²) in [5.74, 6) is -0.624. The third-order valence-electron chi connectivity index (χ3n) is 3.03. The summed E-state index contributed by atoms with van der Waals surface area (Å²) in [6.45, 7) is 0.909. The maximum Gasteiger partial charge on any atom is 0.129 e. The number of benzene rings is 2. The summed E-state index contributed by atoms with van der Waals surface area (Å²) in [6, 6.07) is 12.9. The lowest BCUT2D eigenvalue weighted by Crippen LogP contribution is -2.18. The van der Waals surface area contributed by atoms with Gasteiger partial charge in [0.1, 0.15) is 11.6 Å². The van der Waals surface area contributed by atoms with E-state index in [0.717, 1.165) is 0 Å². The molecule has 0 fully saturated rings. The van der Waals surface area contributed by atoms with Crippen LogP contribution in [0, 0.1) is 23.0 Å². The summed E-state index contributed by atoms with van der Waals surface area (Å²) in [6.07, 6.45) is 0.546. The first-order valence-corrected chi connectivity index (χ1v) is 6.33. The average Bonchev–Trinajstić information content (AvgIpc) is 2.46. The number of nitriles is 1.